The zero-order valence-electron chi connectivity index (χ0n) is 13.6. The van der Waals surface area contributed by atoms with E-state index >= 15 is 0 Å². The van der Waals surface area contributed by atoms with Gasteiger partial charge in [-0.05, 0) is 64.6 Å². The molecule has 1 saturated heterocycles. The maximum atomic E-state index is 11.5. The molecule has 1 aromatic heterocycles. The van der Waals surface area contributed by atoms with Gasteiger partial charge in [-0.15, -0.1) is 11.3 Å². The van der Waals surface area contributed by atoms with Crippen molar-refractivity contribution in [3.63, 3.8) is 0 Å². The zero-order chi connectivity index (χ0) is 15.6. The zero-order valence-corrected chi connectivity index (χ0v) is 14.4. The van der Waals surface area contributed by atoms with Crippen molar-refractivity contribution in [2.45, 2.75) is 53.0 Å². The first kappa shape index (κ1) is 16.5. The molecule has 0 bridgehead atoms. The average molecular weight is 309 g/mol. The standard InChI is InChI=1S/C17H27NO2S/c1-5-14-8-9-15(21-14)12(2)18-10-6-7-13(11-18)17(3,4)16(19)20/h8-9,12-13H,5-7,10-11H2,1-4H3,(H,19,20). The van der Waals surface area contributed by atoms with Crippen molar-refractivity contribution < 1.29 is 9.90 Å². The number of aryl methyl sites for hydroxylation is 1. The number of hydrogen-bond acceptors (Lipinski definition) is 3. The van der Waals surface area contributed by atoms with Crippen molar-refractivity contribution >= 4 is 17.3 Å². The van der Waals surface area contributed by atoms with Gasteiger partial charge in [-0.3, -0.25) is 9.69 Å². The van der Waals surface area contributed by atoms with E-state index in [0.717, 1.165) is 32.4 Å². The van der Waals surface area contributed by atoms with E-state index in [9.17, 15) is 9.90 Å². The van der Waals surface area contributed by atoms with Gasteiger partial charge in [0.15, 0.2) is 0 Å². The summed E-state index contributed by atoms with van der Waals surface area (Å²) in [5, 5.41) is 9.45. The first-order valence-corrected chi connectivity index (χ1v) is 8.74. The van der Waals surface area contributed by atoms with E-state index in [4.69, 9.17) is 0 Å². The number of nitrogens with zero attached hydrogens (tertiary/aromatic N) is 1. The van der Waals surface area contributed by atoms with Crippen molar-refractivity contribution in [1.82, 2.24) is 4.90 Å². The normalized spacial score (nSPS) is 22.2. The molecule has 0 amide bonds. The topological polar surface area (TPSA) is 40.5 Å². The maximum absolute atomic E-state index is 11.5. The van der Waals surface area contributed by atoms with Gasteiger partial charge in [0.05, 0.1) is 5.41 Å². The summed E-state index contributed by atoms with van der Waals surface area (Å²) in [6, 6.07) is 4.85. The predicted octanol–water partition coefficient (Wildman–Crippen LogP) is 4.19. The van der Waals surface area contributed by atoms with E-state index in [0.29, 0.717) is 6.04 Å². The molecule has 21 heavy (non-hydrogen) atoms. The molecule has 2 heterocycles. The Morgan fingerprint density at radius 1 is 1.52 bits per heavy atom. The summed E-state index contributed by atoms with van der Waals surface area (Å²) in [5.41, 5.74) is -0.636. The fraction of sp³-hybridized carbons (Fsp3) is 0.706. The van der Waals surface area contributed by atoms with Crippen LogP contribution in [-0.4, -0.2) is 29.1 Å². The predicted molar refractivity (Wildman–Crippen MR) is 87.8 cm³/mol. The highest BCUT2D eigenvalue weighted by molar-refractivity contribution is 7.12. The quantitative estimate of drug-likeness (QED) is 0.886. The molecular weight excluding hydrogens is 282 g/mol. The van der Waals surface area contributed by atoms with Crippen LogP contribution in [0.1, 0.15) is 56.3 Å². The van der Waals surface area contributed by atoms with Gasteiger partial charge in [-0.2, -0.15) is 0 Å². The summed E-state index contributed by atoms with van der Waals surface area (Å²) in [4.78, 5) is 16.8. The van der Waals surface area contributed by atoms with Crippen molar-refractivity contribution in [2.75, 3.05) is 13.1 Å². The van der Waals surface area contributed by atoms with Crippen molar-refractivity contribution in [1.29, 1.82) is 0 Å². The van der Waals surface area contributed by atoms with Crippen LogP contribution in [0.25, 0.3) is 0 Å². The summed E-state index contributed by atoms with van der Waals surface area (Å²) in [6.07, 6.45) is 3.21. The molecule has 1 fully saturated rings. The monoisotopic (exact) mass is 309 g/mol. The molecule has 2 atom stereocenters. The molecule has 0 saturated carbocycles. The van der Waals surface area contributed by atoms with Crippen LogP contribution >= 0.6 is 11.3 Å². The summed E-state index contributed by atoms with van der Waals surface area (Å²) in [5.74, 6) is -0.441. The molecule has 2 unspecified atom stereocenters. The molecule has 1 aliphatic rings. The van der Waals surface area contributed by atoms with E-state index < -0.39 is 11.4 Å². The Bertz CT molecular complexity index is 495. The number of carboxylic acid groups (broad SMARTS) is 1. The van der Waals surface area contributed by atoms with Crippen LogP contribution in [-0.2, 0) is 11.2 Å². The van der Waals surface area contributed by atoms with E-state index in [1.165, 1.54) is 9.75 Å². The highest BCUT2D eigenvalue weighted by Gasteiger charge is 2.40. The number of aliphatic carboxylic acids is 1. The molecule has 4 heteroatoms. The van der Waals surface area contributed by atoms with Crippen LogP contribution in [0.2, 0.25) is 0 Å². The lowest BCUT2D eigenvalue weighted by atomic mass is 9.74. The summed E-state index contributed by atoms with van der Waals surface area (Å²) >= 11 is 1.89. The van der Waals surface area contributed by atoms with Crippen molar-refractivity contribution in [3.05, 3.63) is 21.9 Å². The van der Waals surface area contributed by atoms with Crippen LogP contribution < -0.4 is 0 Å². The first-order valence-electron chi connectivity index (χ1n) is 7.92. The second-order valence-corrected chi connectivity index (χ2v) is 7.89. The fourth-order valence-corrected chi connectivity index (χ4v) is 4.15. The summed E-state index contributed by atoms with van der Waals surface area (Å²) in [7, 11) is 0. The second-order valence-electron chi connectivity index (χ2n) is 6.69. The number of piperidine rings is 1. The van der Waals surface area contributed by atoms with E-state index in [1.807, 2.05) is 25.2 Å². The van der Waals surface area contributed by atoms with Crippen LogP contribution in [0.4, 0.5) is 0 Å². The van der Waals surface area contributed by atoms with Crippen molar-refractivity contribution in [3.8, 4) is 0 Å². The highest BCUT2D eigenvalue weighted by atomic mass is 32.1. The van der Waals surface area contributed by atoms with Crippen LogP contribution in [0, 0.1) is 11.3 Å². The van der Waals surface area contributed by atoms with Gasteiger partial charge in [0, 0.05) is 22.3 Å². The Morgan fingerprint density at radius 3 is 2.81 bits per heavy atom. The Labute approximate surface area is 132 Å². The SMILES string of the molecule is CCc1ccc(C(C)N2CCCC(C(C)(C)C(=O)O)C2)s1. The highest BCUT2D eigenvalue weighted by Crippen LogP contribution is 2.38. The lowest BCUT2D eigenvalue weighted by molar-refractivity contribution is -0.151. The average Bonchev–Trinajstić information content (AvgIpc) is 2.95. The molecule has 1 N–H and O–H groups in total. The third kappa shape index (κ3) is 3.49. The third-order valence-corrected chi connectivity index (χ3v) is 6.41. The number of likely N-dealkylation sites (tertiary alicyclic amines) is 1. The lowest BCUT2D eigenvalue weighted by Gasteiger charge is -2.41. The fourth-order valence-electron chi connectivity index (χ4n) is 3.11. The number of rotatable bonds is 5. The molecule has 3 nitrogen and oxygen atoms in total. The van der Waals surface area contributed by atoms with Gasteiger partial charge >= 0.3 is 5.97 Å². The van der Waals surface area contributed by atoms with Crippen LogP contribution in [0.3, 0.4) is 0 Å². The number of thiophene rings is 1. The Balaban J connectivity index is 2.08. The minimum Gasteiger partial charge on any atom is -0.481 e. The first-order chi connectivity index (χ1) is 9.86. The van der Waals surface area contributed by atoms with Gasteiger partial charge in [0.25, 0.3) is 0 Å². The molecule has 2 rings (SSSR count). The van der Waals surface area contributed by atoms with Gasteiger partial charge < -0.3 is 5.11 Å². The largest absolute Gasteiger partial charge is 0.481 e. The van der Waals surface area contributed by atoms with E-state index in [1.54, 1.807) is 0 Å². The summed E-state index contributed by atoms with van der Waals surface area (Å²) < 4.78 is 0. The van der Waals surface area contributed by atoms with Gasteiger partial charge in [-0.25, -0.2) is 0 Å². The molecular formula is C17H27NO2S. The maximum Gasteiger partial charge on any atom is 0.309 e. The van der Waals surface area contributed by atoms with Gasteiger partial charge in [-0.1, -0.05) is 6.92 Å². The van der Waals surface area contributed by atoms with E-state index in [-0.39, 0.29) is 5.92 Å². The second kappa shape index (κ2) is 6.49. The van der Waals surface area contributed by atoms with Gasteiger partial charge in [0.2, 0.25) is 0 Å². The third-order valence-electron chi connectivity index (χ3n) is 5.02. The van der Waals surface area contributed by atoms with Crippen molar-refractivity contribution in [2.24, 2.45) is 11.3 Å². The Hall–Kier alpha value is -0.870. The number of hydrogen-bond donors (Lipinski definition) is 1. The minimum absolute atomic E-state index is 0.233. The Morgan fingerprint density at radius 2 is 2.24 bits per heavy atom. The molecule has 0 aliphatic carbocycles. The van der Waals surface area contributed by atoms with Gasteiger partial charge in [0.1, 0.15) is 0 Å². The molecule has 1 aromatic rings. The van der Waals surface area contributed by atoms with Crippen LogP contribution in [0.15, 0.2) is 12.1 Å². The minimum atomic E-state index is -0.675. The molecule has 118 valence electrons. The number of carboxylic acids is 1. The lowest BCUT2D eigenvalue weighted by Crippen LogP contribution is -2.45. The molecule has 0 radical (unpaired) electrons. The molecule has 0 spiro atoms. The Kier molecular flexibility index (Phi) is 5.10. The smallest absolute Gasteiger partial charge is 0.309 e. The van der Waals surface area contributed by atoms with E-state index in [2.05, 4.69) is 30.9 Å². The van der Waals surface area contributed by atoms with Crippen LogP contribution in [0.5, 0.6) is 0 Å². The molecule has 0 aromatic carbocycles. The number of carbonyl (C=O) groups is 1. The summed E-state index contributed by atoms with van der Waals surface area (Å²) in [6.45, 7) is 10.1. The molecule has 1 aliphatic heterocycles.